The molecule has 4 aromatic rings. The van der Waals surface area contributed by atoms with Gasteiger partial charge >= 0.3 is 0 Å². The Morgan fingerprint density at radius 3 is 2.59 bits per heavy atom. The van der Waals surface area contributed by atoms with Gasteiger partial charge in [-0.05, 0) is 47.5 Å². The molecule has 136 valence electrons. The predicted octanol–water partition coefficient (Wildman–Crippen LogP) is 5.23. The van der Waals surface area contributed by atoms with Crippen molar-refractivity contribution in [1.82, 2.24) is 9.97 Å². The van der Waals surface area contributed by atoms with Gasteiger partial charge in [0.25, 0.3) is 0 Å². The number of nitrogens with zero attached hydrogens (tertiary/aromatic N) is 2. The highest BCUT2D eigenvalue weighted by atomic mass is 32.1. The standard InChI is InChI=1S/C22H21N3OS/c1-16-14-27-22-20(16)21(24-15-25-22)23-12-11-17-7-9-19(10-8-17)26-13-18-5-3-2-4-6-18/h2-10,14-15H,11-13H2,1H3,(H,23,24,25). The van der Waals surface area contributed by atoms with Crippen molar-refractivity contribution in [3.05, 3.63) is 83.0 Å². The topological polar surface area (TPSA) is 47.0 Å². The highest BCUT2D eigenvalue weighted by molar-refractivity contribution is 7.17. The van der Waals surface area contributed by atoms with Crippen LogP contribution in [0.15, 0.2) is 66.3 Å². The van der Waals surface area contributed by atoms with Crippen molar-refractivity contribution in [2.75, 3.05) is 11.9 Å². The lowest BCUT2D eigenvalue weighted by Crippen LogP contribution is -2.07. The zero-order valence-electron chi connectivity index (χ0n) is 15.2. The van der Waals surface area contributed by atoms with Gasteiger partial charge in [0.05, 0.1) is 5.39 Å². The van der Waals surface area contributed by atoms with Crippen molar-refractivity contribution in [2.24, 2.45) is 0 Å². The van der Waals surface area contributed by atoms with Gasteiger partial charge in [-0.3, -0.25) is 0 Å². The van der Waals surface area contributed by atoms with Crippen molar-refractivity contribution in [3.63, 3.8) is 0 Å². The van der Waals surface area contributed by atoms with Crippen LogP contribution in [0.5, 0.6) is 5.75 Å². The van der Waals surface area contributed by atoms with E-state index >= 15 is 0 Å². The Balaban J connectivity index is 1.31. The van der Waals surface area contributed by atoms with Gasteiger partial charge in [-0.1, -0.05) is 42.5 Å². The van der Waals surface area contributed by atoms with Crippen LogP contribution in [0, 0.1) is 6.92 Å². The molecule has 2 aromatic heterocycles. The summed E-state index contributed by atoms with van der Waals surface area (Å²) in [6, 6.07) is 18.5. The molecule has 0 aliphatic rings. The third kappa shape index (κ3) is 4.26. The molecule has 4 rings (SSSR count). The number of anilines is 1. The smallest absolute Gasteiger partial charge is 0.138 e. The Morgan fingerprint density at radius 2 is 1.78 bits per heavy atom. The third-order valence-corrected chi connectivity index (χ3v) is 5.44. The van der Waals surface area contributed by atoms with E-state index in [1.54, 1.807) is 17.7 Å². The Labute approximate surface area is 162 Å². The van der Waals surface area contributed by atoms with E-state index in [9.17, 15) is 0 Å². The summed E-state index contributed by atoms with van der Waals surface area (Å²) in [5, 5.41) is 6.70. The lowest BCUT2D eigenvalue weighted by atomic mass is 10.1. The molecule has 0 saturated carbocycles. The Kier molecular flexibility index (Phi) is 5.30. The van der Waals surface area contributed by atoms with E-state index in [1.165, 1.54) is 16.7 Å². The molecule has 0 aliphatic heterocycles. The van der Waals surface area contributed by atoms with Crippen LogP contribution >= 0.6 is 11.3 Å². The van der Waals surface area contributed by atoms with Crippen molar-refractivity contribution in [1.29, 1.82) is 0 Å². The summed E-state index contributed by atoms with van der Waals surface area (Å²) in [7, 11) is 0. The molecule has 0 aliphatic carbocycles. The van der Waals surface area contributed by atoms with Crippen molar-refractivity contribution >= 4 is 27.4 Å². The molecule has 0 radical (unpaired) electrons. The number of rotatable bonds is 7. The average Bonchev–Trinajstić information content (AvgIpc) is 3.10. The quantitative estimate of drug-likeness (QED) is 0.480. The number of nitrogens with one attached hydrogen (secondary N) is 1. The van der Waals surface area contributed by atoms with Gasteiger partial charge in [0, 0.05) is 6.54 Å². The maximum Gasteiger partial charge on any atom is 0.138 e. The highest BCUT2D eigenvalue weighted by Gasteiger charge is 2.08. The fourth-order valence-corrected chi connectivity index (χ4v) is 3.86. The highest BCUT2D eigenvalue weighted by Crippen LogP contribution is 2.28. The van der Waals surface area contributed by atoms with Crippen LogP contribution in [0.2, 0.25) is 0 Å². The lowest BCUT2D eigenvalue weighted by molar-refractivity contribution is 0.306. The fourth-order valence-electron chi connectivity index (χ4n) is 2.97. The van der Waals surface area contributed by atoms with Crippen LogP contribution in [0.1, 0.15) is 16.7 Å². The van der Waals surface area contributed by atoms with E-state index in [-0.39, 0.29) is 0 Å². The summed E-state index contributed by atoms with van der Waals surface area (Å²) < 4.78 is 5.84. The monoisotopic (exact) mass is 375 g/mol. The van der Waals surface area contributed by atoms with Crippen LogP contribution in [0.3, 0.4) is 0 Å². The molecule has 0 bridgehead atoms. The number of fused-ring (bicyclic) bond motifs is 1. The number of aromatic nitrogens is 2. The van der Waals surface area contributed by atoms with Gasteiger partial charge in [0.2, 0.25) is 0 Å². The summed E-state index contributed by atoms with van der Waals surface area (Å²) >= 11 is 1.66. The van der Waals surface area contributed by atoms with Gasteiger partial charge < -0.3 is 10.1 Å². The molecule has 0 saturated heterocycles. The zero-order chi connectivity index (χ0) is 18.5. The first-order chi connectivity index (χ1) is 13.3. The molecule has 5 heteroatoms. The largest absolute Gasteiger partial charge is 0.489 e. The van der Waals surface area contributed by atoms with E-state index in [0.29, 0.717) is 6.61 Å². The zero-order valence-corrected chi connectivity index (χ0v) is 16.0. The summed E-state index contributed by atoms with van der Waals surface area (Å²) in [6.45, 7) is 3.51. The Hall–Kier alpha value is -2.92. The number of aryl methyl sites for hydroxylation is 1. The predicted molar refractivity (Wildman–Crippen MR) is 112 cm³/mol. The van der Waals surface area contributed by atoms with E-state index in [2.05, 4.69) is 51.9 Å². The van der Waals surface area contributed by atoms with Crippen LogP contribution in [0.25, 0.3) is 10.2 Å². The normalized spacial score (nSPS) is 10.9. The second-order valence-electron chi connectivity index (χ2n) is 6.42. The van der Waals surface area contributed by atoms with Crippen LogP contribution in [-0.4, -0.2) is 16.5 Å². The number of hydrogen-bond acceptors (Lipinski definition) is 5. The van der Waals surface area contributed by atoms with Gasteiger partial charge in [-0.15, -0.1) is 11.3 Å². The van der Waals surface area contributed by atoms with Gasteiger partial charge in [-0.25, -0.2) is 9.97 Å². The molecule has 0 amide bonds. The third-order valence-electron chi connectivity index (χ3n) is 4.43. The van der Waals surface area contributed by atoms with E-state index in [0.717, 1.165) is 34.7 Å². The van der Waals surface area contributed by atoms with Crippen molar-refractivity contribution in [2.45, 2.75) is 20.0 Å². The molecule has 1 N–H and O–H groups in total. The molecule has 0 atom stereocenters. The average molecular weight is 375 g/mol. The Bertz CT molecular complexity index is 1010. The minimum absolute atomic E-state index is 0.589. The van der Waals surface area contributed by atoms with E-state index < -0.39 is 0 Å². The molecule has 2 heterocycles. The first kappa shape index (κ1) is 17.5. The van der Waals surface area contributed by atoms with Crippen LogP contribution in [0.4, 0.5) is 5.82 Å². The lowest BCUT2D eigenvalue weighted by Gasteiger charge is -2.09. The van der Waals surface area contributed by atoms with Crippen LogP contribution < -0.4 is 10.1 Å². The van der Waals surface area contributed by atoms with E-state index in [4.69, 9.17) is 4.74 Å². The SMILES string of the molecule is Cc1csc2ncnc(NCCc3ccc(OCc4ccccc4)cc3)c12. The second kappa shape index (κ2) is 8.18. The molecular formula is C22H21N3OS. The first-order valence-electron chi connectivity index (χ1n) is 8.98. The molecule has 0 unspecified atom stereocenters. The Morgan fingerprint density at radius 1 is 0.963 bits per heavy atom. The molecular weight excluding hydrogens is 354 g/mol. The summed E-state index contributed by atoms with van der Waals surface area (Å²) in [6.07, 6.45) is 2.55. The molecule has 27 heavy (non-hydrogen) atoms. The number of thiophene rings is 1. The van der Waals surface area contributed by atoms with Gasteiger partial charge in [0.15, 0.2) is 0 Å². The summed E-state index contributed by atoms with van der Waals surface area (Å²) in [4.78, 5) is 9.77. The summed E-state index contributed by atoms with van der Waals surface area (Å²) in [5.74, 6) is 1.81. The van der Waals surface area contributed by atoms with Gasteiger partial charge in [0.1, 0.15) is 29.3 Å². The minimum Gasteiger partial charge on any atom is -0.489 e. The molecule has 2 aromatic carbocycles. The minimum atomic E-state index is 0.589. The van der Waals surface area contributed by atoms with E-state index in [1.807, 2.05) is 30.3 Å². The number of hydrogen-bond donors (Lipinski definition) is 1. The van der Waals surface area contributed by atoms with Crippen molar-refractivity contribution < 1.29 is 4.74 Å². The molecule has 0 fully saturated rings. The molecule has 0 spiro atoms. The molecule has 4 nitrogen and oxygen atoms in total. The first-order valence-corrected chi connectivity index (χ1v) is 9.86. The number of benzene rings is 2. The second-order valence-corrected chi connectivity index (χ2v) is 7.27. The number of ether oxygens (including phenoxy) is 1. The van der Waals surface area contributed by atoms with Crippen LogP contribution in [-0.2, 0) is 13.0 Å². The summed E-state index contributed by atoms with van der Waals surface area (Å²) in [5.41, 5.74) is 3.66. The van der Waals surface area contributed by atoms with Crippen molar-refractivity contribution in [3.8, 4) is 5.75 Å². The maximum atomic E-state index is 5.84. The fraction of sp³-hybridized carbons (Fsp3) is 0.182. The maximum absolute atomic E-state index is 5.84. The van der Waals surface area contributed by atoms with Gasteiger partial charge in [-0.2, -0.15) is 0 Å².